The van der Waals surface area contributed by atoms with Crippen molar-refractivity contribution >= 4 is 40.0 Å². The molecule has 0 aliphatic carbocycles. The molecule has 0 spiro atoms. The van der Waals surface area contributed by atoms with E-state index in [0.717, 1.165) is 49.2 Å². The first-order valence-corrected chi connectivity index (χ1v) is 13.5. The number of ether oxygens (including phenoxy) is 1. The van der Waals surface area contributed by atoms with Crippen LogP contribution in [0, 0.1) is 0 Å². The van der Waals surface area contributed by atoms with Crippen LogP contribution in [0.15, 0.2) is 54.7 Å². The minimum absolute atomic E-state index is 0.0271. The Morgan fingerprint density at radius 3 is 2.51 bits per heavy atom. The Morgan fingerprint density at radius 1 is 1.13 bits per heavy atom. The highest BCUT2D eigenvalue weighted by Gasteiger charge is 2.22. The van der Waals surface area contributed by atoms with Crippen molar-refractivity contribution in [1.29, 1.82) is 0 Å². The number of benzene rings is 2. The summed E-state index contributed by atoms with van der Waals surface area (Å²) in [7, 11) is 5.70. The van der Waals surface area contributed by atoms with Gasteiger partial charge in [-0.1, -0.05) is 23.7 Å². The lowest BCUT2D eigenvalue weighted by molar-refractivity contribution is -0.122. The lowest BCUT2D eigenvalue weighted by atomic mass is 10.0. The van der Waals surface area contributed by atoms with Gasteiger partial charge in [-0.25, -0.2) is 9.97 Å². The van der Waals surface area contributed by atoms with Crippen LogP contribution in [0.25, 0.3) is 22.6 Å². The topological polar surface area (TPSA) is 98.4 Å². The van der Waals surface area contributed by atoms with Crippen molar-refractivity contribution in [2.75, 3.05) is 51.1 Å². The summed E-state index contributed by atoms with van der Waals surface area (Å²) in [5, 5.41) is 6.78. The second-order valence-corrected chi connectivity index (χ2v) is 10.4. The minimum Gasteiger partial charge on any atom is -0.484 e. The summed E-state index contributed by atoms with van der Waals surface area (Å²) in [6, 6.07) is 16.5. The van der Waals surface area contributed by atoms with Crippen LogP contribution in [0.5, 0.6) is 5.75 Å². The molecule has 204 valence electrons. The molecular formula is C29H34ClN7O2. The van der Waals surface area contributed by atoms with E-state index in [-0.39, 0.29) is 12.5 Å². The Hall–Kier alpha value is -3.82. The molecule has 1 amide bonds. The zero-order chi connectivity index (χ0) is 27.4. The summed E-state index contributed by atoms with van der Waals surface area (Å²) in [6.07, 6.45) is 3.70. The third-order valence-electron chi connectivity index (χ3n) is 7.05. The third kappa shape index (κ3) is 6.43. The van der Waals surface area contributed by atoms with Gasteiger partial charge in [0.15, 0.2) is 12.3 Å². The van der Waals surface area contributed by atoms with Crippen molar-refractivity contribution in [2.24, 2.45) is 0 Å². The number of likely N-dealkylation sites (tertiary alicyclic amines) is 1. The number of pyridine rings is 1. The molecule has 3 N–H and O–H groups in total. The number of rotatable bonds is 9. The molecule has 0 bridgehead atoms. The fourth-order valence-electron chi connectivity index (χ4n) is 4.74. The maximum absolute atomic E-state index is 11.4. The Balaban J connectivity index is 1.23. The normalized spacial score (nSPS) is 14.4. The van der Waals surface area contributed by atoms with Gasteiger partial charge in [0, 0.05) is 58.1 Å². The molecule has 0 saturated carbocycles. The van der Waals surface area contributed by atoms with Crippen LogP contribution in [0.2, 0.25) is 5.02 Å². The molecule has 1 saturated heterocycles. The molecule has 5 rings (SSSR count). The van der Waals surface area contributed by atoms with E-state index >= 15 is 0 Å². The van der Waals surface area contributed by atoms with Crippen LogP contribution in [0.3, 0.4) is 0 Å². The third-order valence-corrected chi connectivity index (χ3v) is 7.33. The van der Waals surface area contributed by atoms with Gasteiger partial charge < -0.3 is 25.3 Å². The predicted molar refractivity (Wildman–Crippen MR) is 157 cm³/mol. The number of carbonyl (C=O) groups excluding carboxylic acids is 1. The number of aromatic amines is 1. The summed E-state index contributed by atoms with van der Waals surface area (Å²) < 4.78 is 5.49. The monoisotopic (exact) mass is 547 g/mol. The van der Waals surface area contributed by atoms with Gasteiger partial charge in [-0.05, 0) is 54.8 Å². The second kappa shape index (κ2) is 11.9. The first-order valence-electron chi connectivity index (χ1n) is 13.1. The molecule has 1 aliphatic heterocycles. The van der Waals surface area contributed by atoms with Crippen LogP contribution in [-0.4, -0.2) is 72.6 Å². The van der Waals surface area contributed by atoms with E-state index in [1.807, 2.05) is 24.3 Å². The molecule has 10 heteroatoms. The van der Waals surface area contributed by atoms with Gasteiger partial charge in [0.2, 0.25) is 0 Å². The fourth-order valence-corrected chi connectivity index (χ4v) is 4.94. The van der Waals surface area contributed by atoms with Crippen LogP contribution in [0.1, 0.15) is 18.4 Å². The van der Waals surface area contributed by atoms with Crippen LogP contribution < -0.4 is 20.3 Å². The van der Waals surface area contributed by atoms with Gasteiger partial charge in [0.25, 0.3) is 5.91 Å². The number of hydrogen-bond acceptors (Lipinski definition) is 7. The number of hydrogen-bond donors (Lipinski definition) is 3. The number of halogens is 1. The Kier molecular flexibility index (Phi) is 8.18. The van der Waals surface area contributed by atoms with Crippen molar-refractivity contribution in [2.45, 2.75) is 25.4 Å². The van der Waals surface area contributed by atoms with Crippen LogP contribution in [-0.2, 0) is 11.3 Å². The van der Waals surface area contributed by atoms with E-state index < -0.39 is 0 Å². The standard InChI is InChI=1S/C29H34ClN7O2/c1-31-25(38)18-39-23-10-6-20(7-11-23)28-34-27-26(24(30)16-32-29(27)35-28)33-21-12-14-37(15-13-21)17-19-4-8-22(9-5-19)36(2)3/h4-11,16,21H,12-15,17-18H2,1-3H3,(H,31,38)(H2,32,33,34,35). The summed E-state index contributed by atoms with van der Waals surface area (Å²) in [5.41, 5.74) is 5.67. The predicted octanol–water partition coefficient (Wildman–Crippen LogP) is 4.55. The second-order valence-electron chi connectivity index (χ2n) is 10.0. The highest BCUT2D eigenvalue weighted by Crippen LogP contribution is 2.32. The molecule has 4 aromatic rings. The Morgan fingerprint density at radius 2 is 1.85 bits per heavy atom. The molecule has 0 radical (unpaired) electrons. The lowest BCUT2D eigenvalue weighted by Crippen LogP contribution is -2.38. The number of nitrogens with zero attached hydrogens (tertiary/aromatic N) is 4. The number of aromatic nitrogens is 3. The molecule has 1 fully saturated rings. The highest BCUT2D eigenvalue weighted by atomic mass is 35.5. The first-order chi connectivity index (χ1) is 18.9. The number of nitrogens with one attached hydrogen (secondary N) is 3. The molecule has 2 aromatic heterocycles. The van der Waals surface area contributed by atoms with Crippen molar-refractivity contribution in [3.8, 4) is 17.1 Å². The van der Waals surface area contributed by atoms with Gasteiger partial charge in [-0.15, -0.1) is 0 Å². The van der Waals surface area contributed by atoms with Gasteiger partial charge in [0.1, 0.15) is 17.1 Å². The molecule has 0 unspecified atom stereocenters. The van der Waals surface area contributed by atoms with Crippen molar-refractivity contribution < 1.29 is 9.53 Å². The van der Waals surface area contributed by atoms with E-state index in [0.29, 0.717) is 28.3 Å². The molecule has 9 nitrogen and oxygen atoms in total. The number of fused-ring (bicyclic) bond motifs is 1. The largest absolute Gasteiger partial charge is 0.484 e. The number of imidazole rings is 1. The number of H-pyrrole nitrogens is 1. The van der Waals surface area contributed by atoms with Crippen LogP contribution >= 0.6 is 11.6 Å². The van der Waals surface area contributed by atoms with Crippen molar-refractivity contribution in [3.63, 3.8) is 0 Å². The fraction of sp³-hybridized carbons (Fsp3) is 0.345. The highest BCUT2D eigenvalue weighted by molar-refractivity contribution is 6.34. The Labute approximate surface area is 233 Å². The molecule has 3 heterocycles. The first kappa shape index (κ1) is 26.8. The Bertz CT molecular complexity index is 1410. The number of carbonyl (C=O) groups is 1. The van der Waals surface area contributed by atoms with E-state index in [9.17, 15) is 4.79 Å². The van der Waals surface area contributed by atoms with E-state index in [1.165, 1.54) is 11.3 Å². The summed E-state index contributed by atoms with van der Waals surface area (Å²) in [4.78, 5) is 28.6. The van der Waals surface area contributed by atoms with Gasteiger partial charge in [0.05, 0.1) is 16.9 Å². The minimum atomic E-state index is -0.181. The van der Waals surface area contributed by atoms with Gasteiger partial charge in [-0.2, -0.15) is 0 Å². The number of amides is 1. The maximum Gasteiger partial charge on any atom is 0.257 e. The van der Waals surface area contributed by atoms with E-state index in [2.05, 4.69) is 73.7 Å². The van der Waals surface area contributed by atoms with E-state index in [1.54, 1.807) is 13.2 Å². The SMILES string of the molecule is CNC(=O)COc1ccc(-c2nc3ncc(Cl)c(NC4CCN(Cc5ccc(N(C)C)cc5)CC4)c3[nH]2)cc1. The van der Waals surface area contributed by atoms with Gasteiger partial charge in [-0.3, -0.25) is 9.69 Å². The van der Waals surface area contributed by atoms with Crippen molar-refractivity contribution in [1.82, 2.24) is 25.2 Å². The van der Waals surface area contributed by atoms with Crippen molar-refractivity contribution in [3.05, 3.63) is 65.3 Å². The zero-order valence-electron chi connectivity index (χ0n) is 22.5. The zero-order valence-corrected chi connectivity index (χ0v) is 23.3. The van der Waals surface area contributed by atoms with Gasteiger partial charge >= 0.3 is 0 Å². The lowest BCUT2D eigenvalue weighted by Gasteiger charge is -2.33. The summed E-state index contributed by atoms with van der Waals surface area (Å²) in [6.45, 7) is 2.96. The molecule has 0 atom stereocenters. The summed E-state index contributed by atoms with van der Waals surface area (Å²) in [5.74, 6) is 1.12. The average Bonchev–Trinajstić information content (AvgIpc) is 3.39. The average molecular weight is 548 g/mol. The molecule has 1 aliphatic rings. The smallest absolute Gasteiger partial charge is 0.257 e. The quantitative estimate of drug-likeness (QED) is 0.283. The number of anilines is 2. The molecular weight excluding hydrogens is 514 g/mol. The number of likely N-dealkylation sites (N-methyl/N-ethyl adjacent to an activating group) is 1. The summed E-state index contributed by atoms with van der Waals surface area (Å²) >= 11 is 6.61. The van der Waals surface area contributed by atoms with Crippen LogP contribution in [0.4, 0.5) is 11.4 Å². The molecule has 2 aromatic carbocycles. The van der Waals surface area contributed by atoms with E-state index in [4.69, 9.17) is 16.3 Å². The maximum atomic E-state index is 11.4. The number of piperidine rings is 1. The molecule has 39 heavy (non-hydrogen) atoms.